The zero-order chi connectivity index (χ0) is 19.8. The molecule has 150 valence electrons. The van der Waals surface area contributed by atoms with E-state index in [0.29, 0.717) is 18.3 Å². The van der Waals surface area contributed by atoms with Crippen LogP contribution in [0.4, 0.5) is 0 Å². The first-order valence-corrected chi connectivity index (χ1v) is 10.1. The van der Waals surface area contributed by atoms with Crippen molar-refractivity contribution in [1.82, 2.24) is 20.5 Å². The number of aromatic nitrogens is 3. The van der Waals surface area contributed by atoms with Crippen LogP contribution in [0.15, 0.2) is 29.1 Å². The lowest BCUT2D eigenvalue weighted by Crippen LogP contribution is -2.31. The molecule has 1 aromatic carbocycles. The van der Waals surface area contributed by atoms with E-state index in [0.717, 1.165) is 17.9 Å². The number of nitrogens with one attached hydrogen (secondary N) is 2. The van der Waals surface area contributed by atoms with Crippen molar-refractivity contribution >= 4 is 5.91 Å². The Bertz CT molecular complexity index is 826. The Hall–Kier alpha value is -2.70. The minimum Gasteiger partial charge on any atom is -0.494 e. The number of rotatable bonds is 8. The van der Waals surface area contributed by atoms with Gasteiger partial charge in [0.1, 0.15) is 11.4 Å². The predicted octanol–water partition coefficient (Wildman–Crippen LogP) is 2.86. The van der Waals surface area contributed by atoms with Gasteiger partial charge in [0.2, 0.25) is 5.91 Å². The van der Waals surface area contributed by atoms with E-state index in [2.05, 4.69) is 20.5 Å². The van der Waals surface area contributed by atoms with E-state index in [4.69, 9.17) is 4.74 Å². The number of carbonyl (C=O) groups is 1. The van der Waals surface area contributed by atoms with Crippen LogP contribution in [0.2, 0.25) is 0 Å². The fourth-order valence-electron chi connectivity index (χ4n) is 3.50. The fraction of sp³-hybridized carbons (Fsp3) is 0.524. The molecule has 1 aromatic heterocycles. The van der Waals surface area contributed by atoms with Crippen molar-refractivity contribution in [3.05, 3.63) is 40.3 Å². The van der Waals surface area contributed by atoms with Crippen LogP contribution in [0.5, 0.6) is 5.75 Å². The average molecular weight is 384 g/mol. The number of hydrogen-bond acceptors (Lipinski definition) is 5. The summed E-state index contributed by atoms with van der Waals surface area (Å²) in [5, 5.41) is 11.1. The third-order valence-electron chi connectivity index (χ3n) is 5.11. The van der Waals surface area contributed by atoms with E-state index >= 15 is 0 Å². The molecule has 0 saturated heterocycles. The Labute approximate surface area is 164 Å². The summed E-state index contributed by atoms with van der Waals surface area (Å²) in [7, 11) is 0. The van der Waals surface area contributed by atoms with Gasteiger partial charge in [0.25, 0.3) is 5.56 Å². The molecule has 0 aliphatic heterocycles. The fourth-order valence-corrected chi connectivity index (χ4v) is 3.50. The molecule has 1 heterocycles. The third kappa shape index (κ3) is 5.65. The van der Waals surface area contributed by atoms with Gasteiger partial charge in [-0.15, -0.1) is 10.2 Å². The van der Waals surface area contributed by atoms with Gasteiger partial charge in [-0.25, -0.2) is 0 Å². The first-order chi connectivity index (χ1) is 13.7. The number of benzene rings is 1. The SMILES string of the molecule is CCOc1ccc(-c2nnc(CCC(=O)NCC3CCCCC3)c(=O)[nH]2)cc1. The lowest BCUT2D eigenvalue weighted by Gasteiger charge is -2.21. The van der Waals surface area contributed by atoms with Gasteiger partial charge in [-0.1, -0.05) is 19.3 Å². The summed E-state index contributed by atoms with van der Waals surface area (Å²) in [6.07, 6.45) is 6.73. The van der Waals surface area contributed by atoms with Gasteiger partial charge in [-0.3, -0.25) is 9.59 Å². The monoisotopic (exact) mass is 384 g/mol. The Morgan fingerprint density at radius 1 is 1.18 bits per heavy atom. The number of hydrogen-bond donors (Lipinski definition) is 2. The molecule has 1 fully saturated rings. The maximum Gasteiger partial charge on any atom is 0.273 e. The molecule has 0 atom stereocenters. The number of H-pyrrole nitrogens is 1. The summed E-state index contributed by atoms with van der Waals surface area (Å²) in [6, 6.07) is 7.29. The molecule has 1 aliphatic rings. The van der Waals surface area contributed by atoms with Gasteiger partial charge in [0.05, 0.1) is 6.61 Å². The molecule has 0 unspecified atom stereocenters. The summed E-state index contributed by atoms with van der Waals surface area (Å²) in [4.78, 5) is 27.1. The Morgan fingerprint density at radius 2 is 1.93 bits per heavy atom. The van der Waals surface area contributed by atoms with Gasteiger partial charge >= 0.3 is 0 Å². The van der Waals surface area contributed by atoms with Crippen molar-refractivity contribution in [3.8, 4) is 17.1 Å². The zero-order valence-electron chi connectivity index (χ0n) is 16.4. The normalized spacial score (nSPS) is 14.6. The van der Waals surface area contributed by atoms with E-state index in [9.17, 15) is 9.59 Å². The number of nitrogens with zero attached hydrogens (tertiary/aromatic N) is 2. The number of amides is 1. The summed E-state index contributed by atoms with van der Waals surface area (Å²) in [5.74, 6) is 1.72. The highest BCUT2D eigenvalue weighted by molar-refractivity contribution is 5.76. The molecule has 0 bridgehead atoms. The molecule has 3 rings (SSSR count). The zero-order valence-corrected chi connectivity index (χ0v) is 16.4. The van der Waals surface area contributed by atoms with Crippen molar-refractivity contribution in [2.45, 2.75) is 51.9 Å². The van der Waals surface area contributed by atoms with Crippen LogP contribution < -0.4 is 15.6 Å². The van der Waals surface area contributed by atoms with Crippen molar-refractivity contribution in [1.29, 1.82) is 0 Å². The van der Waals surface area contributed by atoms with Crippen molar-refractivity contribution < 1.29 is 9.53 Å². The van der Waals surface area contributed by atoms with Gasteiger partial charge < -0.3 is 15.0 Å². The molecule has 7 heteroatoms. The summed E-state index contributed by atoms with van der Waals surface area (Å²) in [6.45, 7) is 3.25. The molecule has 28 heavy (non-hydrogen) atoms. The highest BCUT2D eigenvalue weighted by Crippen LogP contribution is 2.22. The van der Waals surface area contributed by atoms with E-state index in [1.54, 1.807) is 0 Å². The average Bonchev–Trinajstić information content (AvgIpc) is 2.73. The number of aryl methyl sites for hydroxylation is 1. The molecule has 1 aliphatic carbocycles. The number of aromatic amines is 1. The molecule has 7 nitrogen and oxygen atoms in total. The quantitative estimate of drug-likeness (QED) is 0.729. The maximum atomic E-state index is 12.3. The first kappa shape index (κ1) is 20.0. The summed E-state index contributed by atoms with van der Waals surface area (Å²) in [5.41, 5.74) is 0.728. The van der Waals surface area contributed by atoms with E-state index < -0.39 is 0 Å². The third-order valence-corrected chi connectivity index (χ3v) is 5.11. The minimum absolute atomic E-state index is 0.0395. The molecular formula is C21H28N4O3. The van der Waals surface area contributed by atoms with Crippen LogP contribution in [0.1, 0.15) is 51.1 Å². The minimum atomic E-state index is -0.307. The smallest absolute Gasteiger partial charge is 0.273 e. The molecule has 2 N–H and O–H groups in total. The van der Waals surface area contributed by atoms with Crippen LogP contribution >= 0.6 is 0 Å². The molecule has 0 spiro atoms. The van der Waals surface area contributed by atoms with Gasteiger partial charge in [0, 0.05) is 24.9 Å². The molecule has 2 aromatic rings. The largest absolute Gasteiger partial charge is 0.494 e. The highest BCUT2D eigenvalue weighted by atomic mass is 16.5. The second-order valence-electron chi connectivity index (χ2n) is 7.21. The number of ether oxygens (including phenoxy) is 1. The van der Waals surface area contributed by atoms with Crippen LogP contribution in [0, 0.1) is 5.92 Å². The summed E-state index contributed by atoms with van der Waals surface area (Å²) >= 11 is 0. The van der Waals surface area contributed by atoms with E-state index in [1.807, 2.05) is 31.2 Å². The number of carbonyl (C=O) groups excluding carboxylic acids is 1. The highest BCUT2D eigenvalue weighted by Gasteiger charge is 2.15. The van der Waals surface area contributed by atoms with Gasteiger partial charge in [-0.05, 0) is 49.9 Å². The van der Waals surface area contributed by atoms with Crippen molar-refractivity contribution in [3.63, 3.8) is 0 Å². The first-order valence-electron chi connectivity index (χ1n) is 10.1. The molecule has 0 radical (unpaired) electrons. The standard InChI is InChI=1S/C21H28N4O3/c1-2-28-17-10-8-16(9-11-17)20-23-21(27)18(24-25-20)12-13-19(26)22-14-15-6-4-3-5-7-15/h8-11,15H,2-7,12-14H2,1H3,(H,22,26)(H,23,25,27). The van der Waals surface area contributed by atoms with Gasteiger partial charge in [-0.2, -0.15) is 0 Å². The van der Waals surface area contributed by atoms with Crippen molar-refractivity contribution in [2.24, 2.45) is 5.92 Å². The second kappa shape index (κ2) is 10.0. The molecule has 1 amide bonds. The van der Waals surface area contributed by atoms with Gasteiger partial charge in [0.15, 0.2) is 5.82 Å². The molecular weight excluding hydrogens is 356 g/mol. The summed E-state index contributed by atoms with van der Waals surface area (Å²) < 4.78 is 5.41. The van der Waals surface area contributed by atoms with Crippen LogP contribution in [-0.2, 0) is 11.2 Å². The maximum absolute atomic E-state index is 12.3. The van der Waals surface area contributed by atoms with Crippen LogP contribution in [0.25, 0.3) is 11.4 Å². The Kier molecular flexibility index (Phi) is 7.17. The lowest BCUT2D eigenvalue weighted by molar-refractivity contribution is -0.121. The Morgan fingerprint density at radius 3 is 2.61 bits per heavy atom. The molecule has 1 saturated carbocycles. The predicted molar refractivity (Wildman–Crippen MR) is 107 cm³/mol. The van der Waals surface area contributed by atoms with E-state index in [-0.39, 0.29) is 30.0 Å². The lowest BCUT2D eigenvalue weighted by atomic mass is 9.89. The van der Waals surface area contributed by atoms with Crippen LogP contribution in [0.3, 0.4) is 0 Å². The van der Waals surface area contributed by atoms with Crippen LogP contribution in [-0.4, -0.2) is 34.2 Å². The second-order valence-corrected chi connectivity index (χ2v) is 7.21. The van der Waals surface area contributed by atoms with E-state index in [1.165, 1.54) is 32.1 Å². The Balaban J connectivity index is 1.52. The topological polar surface area (TPSA) is 97.0 Å². The van der Waals surface area contributed by atoms with Crippen molar-refractivity contribution in [2.75, 3.05) is 13.2 Å².